The van der Waals surface area contributed by atoms with Gasteiger partial charge in [-0.1, -0.05) is 20.8 Å². The molecule has 0 aromatic rings. The zero-order chi connectivity index (χ0) is 24.7. The van der Waals surface area contributed by atoms with Gasteiger partial charge in [0, 0.05) is 19.4 Å². The molecule has 4 aliphatic rings. The predicted octanol–water partition coefficient (Wildman–Crippen LogP) is 2.64. The maximum atomic E-state index is 12.5. The first-order valence-corrected chi connectivity index (χ1v) is 14.7. The number of nitrogens with one attached hydrogen (secondary N) is 1. The molecule has 0 radical (unpaired) electrons. The second-order valence-electron chi connectivity index (χ2n) is 14.5. The predicted molar refractivity (Wildman–Crippen MR) is 140 cm³/mol. The van der Waals surface area contributed by atoms with Crippen molar-refractivity contribution in [3.8, 4) is 0 Å². The Hall–Kier alpha value is 0.120. The molecule has 1 amide bonds. The maximum absolute atomic E-state index is 12.5. The second kappa shape index (κ2) is 11.5. The average molecular weight is 603 g/mol. The van der Waals surface area contributed by atoms with E-state index in [1.807, 2.05) is 0 Å². The molecule has 0 bridgehead atoms. The fourth-order valence-corrected chi connectivity index (χ4v) is 9.64. The van der Waals surface area contributed by atoms with Crippen LogP contribution in [0.5, 0.6) is 0 Å². The Kier molecular flexibility index (Phi) is 9.73. The van der Waals surface area contributed by atoms with Crippen LogP contribution in [0.15, 0.2) is 0 Å². The maximum Gasteiger partial charge on any atom is 0.220 e. The number of aliphatic hydroxyl groups is 1. The molecule has 4 unspecified atom stereocenters. The summed E-state index contributed by atoms with van der Waals surface area (Å²) in [5.74, 6) is 5.08. The van der Waals surface area contributed by atoms with Crippen LogP contribution in [-0.4, -0.2) is 55.8 Å². The number of aliphatic hydroxyl groups excluding tert-OH is 1. The molecule has 0 spiro atoms. The number of hydrogen-bond acceptors (Lipinski definition) is 2. The fraction of sp³-hybridized carbons (Fsp3) is 0.967. The molecule has 0 aliphatic heterocycles. The molecule has 204 valence electrons. The van der Waals surface area contributed by atoms with Crippen LogP contribution < -0.4 is 29.3 Å². The third kappa shape index (κ3) is 6.24. The van der Waals surface area contributed by atoms with E-state index in [1.54, 1.807) is 0 Å². The van der Waals surface area contributed by atoms with E-state index in [4.69, 9.17) is 0 Å². The minimum atomic E-state index is -0.0463. The van der Waals surface area contributed by atoms with Crippen molar-refractivity contribution in [3.05, 3.63) is 0 Å². The van der Waals surface area contributed by atoms with E-state index < -0.39 is 0 Å². The van der Waals surface area contributed by atoms with Crippen LogP contribution in [0, 0.1) is 46.3 Å². The van der Waals surface area contributed by atoms with Gasteiger partial charge in [-0.2, -0.15) is 0 Å². The van der Waals surface area contributed by atoms with Crippen LogP contribution in [0.25, 0.3) is 0 Å². The van der Waals surface area contributed by atoms with E-state index in [2.05, 4.69) is 47.2 Å². The van der Waals surface area contributed by atoms with Gasteiger partial charge in [0.2, 0.25) is 5.91 Å². The Morgan fingerprint density at radius 1 is 1.00 bits per heavy atom. The van der Waals surface area contributed by atoms with E-state index in [0.29, 0.717) is 23.2 Å². The van der Waals surface area contributed by atoms with Gasteiger partial charge in [0.1, 0.15) is 0 Å². The van der Waals surface area contributed by atoms with E-state index in [1.165, 1.54) is 44.9 Å². The van der Waals surface area contributed by atoms with E-state index >= 15 is 0 Å². The average Bonchev–Trinajstić information content (AvgIpc) is 3.12. The summed E-state index contributed by atoms with van der Waals surface area (Å²) in [6.45, 7) is 9.57. The third-order valence-electron chi connectivity index (χ3n) is 11.6. The molecule has 5 heteroatoms. The van der Waals surface area contributed by atoms with Gasteiger partial charge in [0.15, 0.2) is 0 Å². The highest BCUT2D eigenvalue weighted by molar-refractivity contribution is 5.75. The van der Waals surface area contributed by atoms with Crippen LogP contribution in [0.2, 0.25) is 0 Å². The second-order valence-corrected chi connectivity index (χ2v) is 14.5. The van der Waals surface area contributed by atoms with Crippen molar-refractivity contribution >= 4 is 5.91 Å². The van der Waals surface area contributed by atoms with Gasteiger partial charge in [-0.25, -0.2) is 0 Å². The molecule has 4 fully saturated rings. The number of hydrogen-bond donors (Lipinski definition) is 2. The molecule has 2 N–H and O–H groups in total. The summed E-state index contributed by atoms with van der Waals surface area (Å²) in [7, 11) is 6.62. The quantitative estimate of drug-likeness (QED) is 0.255. The molecule has 4 rings (SSSR count). The van der Waals surface area contributed by atoms with Gasteiger partial charge in [-0.15, -0.1) is 0 Å². The zero-order valence-electron chi connectivity index (χ0n) is 23.6. The van der Waals surface area contributed by atoms with Gasteiger partial charge in [-0.3, -0.25) is 4.79 Å². The molecular formula is C30H55IN2O2. The monoisotopic (exact) mass is 602 g/mol. The normalized spacial score (nSPS) is 41.7. The number of carbonyl (C=O) groups is 1. The minimum Gasteiger partial charge on any atom is -1.00 e. The van der Waals surface area contributed by atoms with Crippen LogP contribution in [0.4, 0.5) is 0 Å². The van der Waals surface area contributed by atoms with Gasteiger partial charge >= 0.3 is 0 Å². The van der Waals surface area contributed by atoms with E-state index in [-0.39, 0.29) is 36.0 Å². The van der Waals surface area contributed by atoms with Crippen molar-refractivity contribution in [2.45, 2.75) is 104 Å². The lowest BCUT2D eigenvalue weighted by Gasteiger charge is -2.61. The number of rotatable bonds is 8. The Bertz CT molecular complexity index is 724. The Balaban J connectivity index is 0.00000342. The highest BCUT2D eigenvalue weighted by Gasteiger charge is 2.60. The first-order valence-electron chi connectivity index (χ1n) is 14.7. The van der Waals surface area contributed by atoms with Crippen molar-refractivity contribution in [2.75, 3.05) is 34.2 Å². The van der Waals surface area contributed by atoms with Crippen LogP contribution >= 0.6 is 0 Å². The Labute approximate surface area is 233 Å². The molecule has 0 saturated heterocycles. The lowest BCUT2D eigenvalue weighted by atomic mass is 9.44. The molecule has 4 saturated carbocycles. The van der Waals surface area contributed by atoms with Crippen LogP contribution in [0.1, 0.15) is 97.8 Å². The first kappa shape index (κ1) is 29.7. The van der Waals surface area contributed by atoms with Gasteiger partial charge in [-0.05, 0) is 111 Å². The molecular weight excluding hydrogens is 547 g/mol. The van der Waals surface area contributed by atoms with E-state index in [9.17, 15) is 9.90 Å². The van der Waals surface area contributed by atoms with Gasteiger partial charge in [0.05, 0.1) is 33.8 Å². The SMILES string of the molecule is C[C@H](CCC(=O)NCCC[N+](C)(C)C)[C@H]1CCC2C3CCC4C[C@H](O)CC[C@]4(C)C3CC[C@@]21C.[I-]. The van der Waals surface area contributed by atoms with Crippen molar-refractivity contribution in [1.82, 2.24) is 5.32 Å². The standard InChI is InChI=1S/C30H54N2O2.HI/c1-21(8-13-28(34)31-18-7-19-32(4,5)6)25-11-12-26-24-10-9-22-20-23(33)14-16-29(22,2)27(24)15-17-30(25,26)3;/h21-27,33H,7-20H2,1-6H3;1H/t21-,22?,23-,24?,25-,26?,27?,29+,30-;/m1./s1. The lowest BCUT2D eigenvalue weighted by Crippen LogP contribution is -3.00. The summed E-state index contributed by atoms with van der Waals surface area (Å²) in [5, 5.41) is 13.5. The summed E-state index contributed by atoms with van der Waals surface area (Å²) in [6.07, 6.45) is 14.4. The molecule has 0 aromatic carbocycles. The van der Waals surface area contributed by atoms with Crippen LogP contribution in [0.3, 0.4) is 0 Å². The highest BCUT2D eigenvalue weighted by Crippen LogP contribution is 2.68. The molecule has 4 aliphatic carbocycles. The molecule has 0 heterocycles. The number of quaternary nitrogens is 1. The van der Waals surface area contributed by atoms with Gasteiger partial charge < -0.3 is 38.9 Å². The summed E-state index contributed by atoms with van der Waals surface area (Å²) in [5.41, 5.74) is 0.941. The molecule has 35 heavy (non-hydrogen) atoms. The number of nitrogens with zero attached hydrogens (tertiary/aromatic N) is 1. The summed E-state index contributed by atoms with van der Waals surface area (Å²) < 4.78 is 0.956. The Morgan fingerprint density at radius 2 is 1.69 bits per heavy atom. The Morgan fingerprint density at radius 3 is 2.40 bits per heavy atom. The molecule has 0 aromatic heterocycles. The fourth-order valence-electron chi connectivity index (χ4n) is 9.64. The molecule has 9 atom stereocenters. The van der Waals surface area contributed by atoms with Crippen LogP contribution in [-0.2, 0) is 4.79 Å². The van der Waals surface area contributed by atoms with E-state index in [0.717, 1.165) is 72.8 Å². The summed E-state index contributed by atoms with van der Waals surface area (Å²) >= 11 is 0. The first-order chi connectivity index (χ1) is 15.9. The largest absolute Gasteiger partial charge is 1.00 e. The minimum absolute atomic E-state index is 0. The van der Waals surface area contributed by atoms with Gasteiger partial charge in [0.25, 0.3) is 0 Å². The lowest BCUT2D eigenvalue weighted by molar-refractivity contribution is -0.870. The smallest absolute Gasteiger partial charge is 0.220 e. The zero-order valence-corrected chi connectivity index (χ0v) is 25.8. The summed E-state index contributed by atoms with van der Waals surface area (Å²) in [4.78, 5) is 12.5. The summed E-state index contributed by atoms with van der Waals surface area (Å²) in [6, 6.07) is 0. The van der Waals surface area contributed by atoms with Crippen molar-refractivity contribution in [3.63, 3.8) is 0 Å². The highest BCUT2D eigenvalue weighted by atomic mass is 127. The van der Waals surface area contributed by atoms with Crippen molar-refractivity contribution in [2.24, 2.45) is 46.3 Å². The van der Waals surface area contributed by atoms with Crippen molar-refractivity contribution in [1.29, 1.82) is 0 Å². The number of carbonyl (C=O) groups excluding carboxylic acids is 1. The number of fused-ring (bicyclic) bond motifs is 5. The molecule has 4 nitrogen and oxygen atoms in total. The third-order valence-corrected chi connectivity index (χ3v) is 11.6. The number of amides is 1. The number of halogens is 1. The topological polar surface area (TPSA) is 49.3 Å². The van der Waals surface area contributed by atoms with Crippen molar-refractivity contribution < 1.29 is 38.4 Å².